The molecule has 1 amide bonds. The van der Waals surface area contributed by atoms with Crippen molar-refractivity contribution in [3.8, 4) is 0 Å². The third kappa shape index (κ3) is 4.03. The third-order valence-corrected chi connectivity index (χ3v) is 5.77. The summed E-state index contributed by atoms with van der Waals surface area (Å²) in [6.07, 6.45) is 2.22. The molecule has 0 bridgehead atoms. The summed E-state index contributed by atoms with van der Waals surface area (Å²) < 4.78 is 14.4. The Hall–Kier alpha value is -2.73. The average molecular weight is 414 g/mol. The average Bonchev–Trinajstić information content (AvgIpc) is 2.71. The molecule has 0 radical (unpaired) electrons. The van der Waals surface area contributed by atoms with Crippen LogP contribution in [0.3, 0.4) is 0 Å². The Morgan fingerprint density at radius 1 is 1.21 bits per heavy atom. The van der Waals surface area contributed by atoms with E-state index in [0.717, 1.165) is 18.4 Å². The summed E-state index contributed by atoms with van der Waals surface area (Å²) in [5, 5.41) is 8.23. The van der Waals surface area contributed by atoms with Crippen LogP contribution in [0.4, 0.5) is 4.39 Å². The second kappa shape index (κ2) is 7.95. The van der Waals surface area contributed by atoms with Crippen LogP contribution in [-0.2, 0) is 6.42 Å². The van der Waals surface area contributed by atoms with Gasteiger partial charge in [-0.3, -0.25) is 9.59 Å². The quantitative estimate of drug-likeness (QED) is 0.700. The first-order valence-corrected chi connectivity index (χ1v) is 10.0. The number of piperidine rings is 1. The number of fused-ring (bicyclic) bond motifs is 1. The number of aromatic nitrogens is 2. The minimum absolute atomic E-state index is 0.0776. The molecule has 2 heterocycles. The molecular weight excluding hydrogens is 393 g/mol. The summed E-state index contributed by atoms with van der Waals surface area (Å²) in [5.41, 5.74) is 1.14. The zero-order valence-corrected chi connectivity index (χ0v) is 16.8. The first-order chi connectivity index (χ1) is 13.9. The maximum absolute atomic E-state index is 14.4. The molecule has 5 nitrogen and oxygen atoms in total. The zero-order chi connectivity index (χ0) is 20.5. The third-order valence-electron chi connectivity index (χ3n) is 5.53. The van der Waals surface area contributed by atoms with E-state index in [2.05, 4.69) is 17.1 Å². The SMILES string of the molecule is CC1CCN(C(=O)c2cc(Cc3n[nH]c(=O)c4cc(Cl)ccc34)ccc2F)CC1. The van der Waals surface area contributed by atoms with Gasteiger partial charge in [-0.25, -0.2) is 9.49 Å². The zero-order valence-electron chi connectivity index (χ0n) is 16.0. The fourth-order valence-corrected chi connectivity index (χ4v) is 3.92. The summed E-state index contributed by atoms with van der Waals surface area (Å²) >= 11 is 6.00. The second-order valence-electron chi connectivity index (χ2n) is 7.66. The van der Waals surface area contributed by atoms with Crippen molar-refractivity contribution in [3.05, 3.63) is 74.4 Å². The van der Waals surface area contributed by atoms with Crippen molar-refractivity contribution in [2.75, 3.05) is 13.1 Å². The summed E-state index contributed by atoms with van der Waals surface area (Å²) in [4.78, 5) is 26.6. The lowest BCUT2D eigenvalue weighted by Crippen LogP contribution is -2.38. The molecule has 7 heteroatoms. The van der Waals surface area contributed by atoms with Crippen molar-refractivity contribution >= 4 is 28.3 Å². The van der Waals surface area contributed by atoms with E-state index in [0.29, 0.717) is 46.9 Å². The Balaban J connectivity index is 1.65. The molecule has 29 heavy (non-hydrogen) atoms. The molecule has 0 aliphatic carbocycles. The summed E-state index contributed by atoms with van der Waals surface area (Å²) in [7, 11) is 0. The van der Waals surface area contributed by atoms with Crippen LogP contribution in [0.2, 0.25) is 5.02 Å². The normalized spacial score (nSPS) is 15.1. The Bertz CT molecular complexity index is 1140. The van der Waals surface area contributed by atoms with Crippen molar-refractivity contribution < 1.29 is 9.18 Å². The molecule has 1 aromatic heterocycles. The molecule has 1 aliphatic heterocycles. The van der Waals surface area contributed by atoms with E-state index >= 15 is 0 Å². The Morgan fingerprint density at radius 3 is 2.72 bits per heavy atom. The molecular formula is C22H21ClFN3O2. The van der Waals surface area contributed by atoms with Gasteiger partial charge in [0.25, 0.3) is 11.5 Å². The minimum atomic E-state index is -0.525. The van der Waals surface area contributed by atoms with E-state index in [1.54, 1.807) is 35.2 Å². The van der Waals surface area contributed by atoms with Crippen LogP contribution in [0.25, 0.3) is 10.8 Å². The molecule has 0 spiro atoms. The molecule has 4 rings (SSSR count). The number of hydrogen-bond donors (Lipinski definition) is 1. The van der Waals surface area contributed by atoms with Crippen LogP contribution in [-0.4, -0.2) is 34.1 Å². The highest BCUT2D eigenvalue weighted by Crippen LogP contribution is 2.23. The molecule has 1 fully saturated rings. The van der Waals surface area contributed by atoms with E-state index in [1.807, 2.05) is 0 Å². The summed E-state index contributed by atoms with van der Waals surface area (Å²) in [5.74, 6) is -0.214. The number of H-pyrrole nitrogens is 1. The van der Waals surface area contributed by atoms with Gasteiger partial charge in [0, 0.05) is 29.9 Å². The highest BCUT2D eigenvalue weighted by atomic mass is 35.5. The molecule has 0 unspecified atom stereocenters. The van der Waals surface area contributed by atoms with Crippen molar-refractivity contribution in [1.29, 1.82) is 0 Å². The molecule has 3 aromatic rings. The van der Waals surface area contributed by atoms with Crippen LogP contribution in [0.15, 0.2) is 41.2 Å². The van der Waals surface area contributed by atoms with Crippen molar-refractivity contribution in [2.45, 2.75) is 26.2 Å². The van der Waals surface area contributed by atoms with Crippen molar-refractivity contribution in [3.63, 3.8) is 0 Å². The fourth-order valence-electron chi connectivity index (χ4n) is 3.75. The van der Waals surface area contributed by atoms with E-state index in [9.17, 15) is 14.0 Å². The van der Waals surface area contributed by atoms with Gasteiger partial charge in [0.2, 0.25) is 0 Å². The lowest BCUT2D eigenvalue weighted by atomic mass is 9.97. The van der Waals surface area contributed by atoms with E-state index in [-0.39, 0.29) is 17.0 Å². The number of halogens is 2. The fraction of sp³-hybridized carbons (Fsp3) is 0.318. The maximum Gasteiger partial charge on any atom is 0.272 e. The maximum atomic E-state index is 14.4. The smallest absolute Gasteiger partial charge is 0.272 e. The van der Waals surface area contributed by atoms with Gasteiger partial charge >= 0.3 is 0 Å². The number of nitrogens with one attached hydrogen (secondary N) is 1. The monoisotopic (exact) mass is 413 g/mol. The number of likely N-dealkylation sites (tertiary alicyclic amines) is 1. The number of nitrogens with zero attached hydrogens (tertiary/aromatic N) is 2. The standard InChI is InChI=1S/C22H21ClFN3O2/c1-13-6-8-27(9-7-13)22(29)18-10-14(2-5-19(18)24)11-20-16-4-3-15(23)12-17(16)21(28)26-25-20/h2-5,10,12-13H,6-9,11H2,1H3,(H,26,28). The van der Waals surface area contributed by atoms with Crippen LogP contribution in [0.5, 0.6) is 0 Å². The Morgan fingerprint density at radius 2 is 1.97 bits per heavy atom. The first-order valence-electron chi connectivity index (χ1n) is 9.67. The number of aromatic amines is 1. The molecule has 0 atom stereocenters. The van der Waals surface area contributed by atoms with E-state index < -0.39 is 5.82 Å². The lowest BCUT2D eigenvalue weighted by Gasteiger charge is -2.30. The number of carbonyl (C=O) groups is 1. The highest BCUT2D eigenvalue weighted by Gasteiger charge is 2.24. The minimum Gasteiger partial charge on any atom is -0.339 e. The van der Waals surface area contributed by atoms with Crippen LogP contribution in [0, 0.1) is 11.7 Å². The number of amides is 1. The van der Waals surface area contributed by atoms with Crippen molar-refractivity contribution in [2.24, 2.45) is 5.92 Å². The number of benzene rings is 2. The van der Waals surface area contributed by atoms with Crippen LogP contribution in [0.1, 0.15) is 41.4 Å². The van der Waals surface area contributed by atoms with Gasteiger partial charge in [-0.05, 0) is 48.6 Å². The van der Waals surface area contributed by atoms with Gasteiger partial charge in [0.1, 0.15) is 5.82 Å². The summed E-state index contributed by atoms with van der Waals surface area (Å²) in [6, 6.07) is 9.59. The lowest BCUT2D eigenvalue weighted by molar-refractivity contribution is 0.0692. The van der Waals surface area contributed by atoms with Crippen LogP contribution >= 0.6 is 11.6 Å². The number of rotatable bonds is 3. The van der Waals surface area contributed by atoms with Gasteiger partial charge in [-0.15, -0.1) is 0 Å². The molecule has 2 aromatic carbocycles. The summed E-state index contributed by atoms with van der Waals surface area (Å²) in [6.45, 7) is 3.46. The van der Waals surface area contributed by atoms with Gasteiger partial charge < -0.3 is 4.90 Å². The second-order valence-corrected chi connectivity index (χ2v) is 8.09. The van der Waals surface area contributed by atoms with Crippen molar-refractivity contribution in [1.82, 2.24) is 15.1 Å². The van der Waals surface area contributed by atoms with Gasteiger partial charge in [0.15, 0.2) is 0 Å². The Kier molecular flexibility index (Phi) is 5.37. The molecule has 1 saturated heterocycles. The van der Waals surface area contributed by atoms with Crippen LogP contribution < -0.4 is 5.56 Å². The van der Waals surface area contributed by atoms with E-state index in [1.165, 1.54) is 6.07 Å². The number of carbonyl (C=O) groups excluding carboxylic acids is 1. The predicted octanol–water partition coefficient (Wildman–Crippen LogP) is 4.18. The first kappa shape index (κ1) is 19.6. The number of hydrogen-bond acceptors (Lipinski definition) is 3. The van der Waals surface area contributed by atoms with E-state index in [4.69, 9.17) is 11.6 Å². The molecule has 1 aliphatic rings. The van der Waals surface area contributed by atoms with Gasteiger partial charge in [-0.2, -0.15) is 5.10 Å². The Labute approximate surface area is 172 Å². The molecule has 0 saturated carbocycles. The molecule has 150 valence electrons. The molecule has 1 N–H and O–H groups in total. The van der Waals surface area contributed by atoms with Gasteiger partial charge in [0.05, 0.1) is 16.6 Å². The highest BCUT2D eigenvalue weighted by molar-refractivity contribution is 6.31. The predicted molar refractivity (Wildman–Crippen MR) is 111 cm³/mol. The van der Waals surface area contributed by atoms with Gasteiger partial charge in [-0.1, -0.05) is 30.7 Å². The largest absolute Gasteiger partial charge is 0.339 e. The topological polar surface area (TPSA) is 66.1 Å².